The van der Waals surface area contributed by atoms with Crippen LogP contribution in [0.5, 0.6) is 0 Å². The second-order valence-corrected chi connectivity index (χ2v) is 8.76. The minimum Gasteiger partial charge on any atom is -0.379 e. The molecule has 1 aromatic rings. The molecule has 0 radical (unpaired) electrons. The van der Waals surface area contributed by atoms with Gasteiger partial charge in [0, 0.05) is 12.5 Å². The van der Waals surface area contributed by atoms with Crippen LogP contribution in [-0.2, 0) is 27.1 Å². The Kier molecular flexibility index (Phi) is 10.0. The minimum atomic E-state index is -4.59. The van der Waals surface area contributed by atoms with Crippen molar-refractivity contribution < 1.29 is 26.9 Å². The lowest BCUT2D eigenvalue weighted by molar-refractivity contribution is -0.0698. The third-order valence-corrected chi connectivity index (χ3v) is 4.84. The molecule has 0 aliphatic carbocycles. The Morgan fingerprint density at radius 3 is 2.30 bits per heavy atom. The van der Waals surface area contributed by atoms with Gasteiger partial charge in [0.15, 0.2) is 0 Å². The number of benzene rings is 1. The fourth-order valence-electron chi connectivity index (χ4n) is 1.82. The van der Waals surface area contributed by atoms with Crippen LogP contribution in [0.2, 0.25) is 0 Å². The smallest absolute Gasteiger partial charge is 0.379 e. The Labute approximate surface area is 161 Å². The maximum atomic E-state index is 12.3. The third kappa shape index (κ3) is 11.8. The highest BCUT2D eigenvalue weighted by Gasteiger charge is 2.25. The summed E-state index contributed by atoms with van der Waals surface area (Å²) in [5, 5.41) is 0. The van der Waals surface area contributed by atoms with Crippen LogP contribution in [0.4, 0.5) is 13.2 Å². The summed E-state index contributed by atoms with van der Waals surface area (Å²) in [6.07, 6.45) is -4.40. The molecule has 27 heavy (non-hydrogen) atoms. The molecule has 0 saturated heterocycles. The lowest BCUT2D eigenvalue weighted by Gasteiger charge is -2.21. The Balaban J connectivity index is 2.35. The van der Waals surface area contributed by atoms with Gasteiger partial charge in [-0.1, -0.05) is 36.3 Å². The highest BCUT2D eigenvalue weighted by atomic mass is 32.2. The molecular formula is C19H26F3NO3S. The lowest BCUT2D eigenvalue weighted by Crippen LogP contribution is -2.40. The number of nitrogens with one attached hydrogen (secondary N) is 1. The van der Waals surface area contributed by atoms with Crippen molar-refractivity contribution >= 4 is 11.0 Å². The Bertz CT molecular complexity index is 634. The molecule has 2 unspecified atom stereocenters. The van der Waals surface area contributed by atoms with Crippen LogP contribution in [0.25, 0.3) is 0 Å². The van der Waals surface area contributed by atoms with Crippen LogP contribution in [0.1, 0.15) is 32.8 Å². The van der Waals surface area contributed by atoms with Crippen LogP contribution >= 0.6 is 0 Å². The fourth-order valence-corrected chi connectivity index (χ4v) is 2.61. The van der Waals surface area contributed by atoms with Gasteiger partial charge in [0.2, 0.25) is 0 Å². The summed E-state index contributed by atoms with van der Waals surface area (Å²) < 4.78 is 62.0. The molecule has 0 aromatic heterocycles. The number of rotatable bonds is 10. The van der Waals surface area contributed by atoms with Gasteiger partial charge < -0.3 is 9.47 Å². The van der Waals surface area contributed by atoms with Gasteiger partial charge in [-0.15, -0.1) is 0 Å². The normalized spacial score (nSPS) is 14.3. The second kappa shape index (κ2) is 11.4. The van der Waals surface area contributed by atoms with Crippen molar-refractivity contribution in [3.8, 4) is 11.8 Å². The van der Waals surface area contributed by atoms with Gasteiger partial charge in [-0.25, -0.2) is 8.93 Å². The molecule has 8 heteroatoms. The molecule has 0 amide bonds. The molecule has 1 aromatic carbocycles. The zero-order valence-corrected chi connectivity index (χ0v) is 16.6. The molecule has 0 aliphatic rings. The number of ether oxygens (including phenoxy) is 2. The Hall–Kier alpha value is -1.40. The van der Waals surface area contributed by atoms with Gasteiger partial charge >= 0.3 is 6.18 Å². The summed E-state index contributed by atoms with van der Waals surface area (Å²) >= 11 is 0. The first-order chi connectivity index (χ1) is 12.6. The first-order valence-corrected chi connectivity index (χ1v) is 9.70. The van der Waals surface area contributed by atoms with Crippen LogP contribution in [-0.4, -0.2) is 41.0 Å². The number of halogens is 3. The van der Waals surface area contributed by atoms with Crippen molar-refractivity contribution in [2.75, 3.05) is 19.8 Å². The topological polar surface area (TPSA) is 47.6 Å². The van der Waals surface area contributed by atoms with Crippen LogP contribution in [0.3, 0.4) is 0 Å². The number of hydrogen-bond donors (Lipinski definition) is 1. The summed E-state index contributed by atoms with van der Waals surface area (Å²) in [6.45, 7) is 6.51. The van der Waals surface area contributed by atoms with Crippen molar-refractivity contribution in [2.24, 2.45) is 0 Å². The summed E-state index contributed by atoms with van der Waals surface area (Å²) in [7, 11) is -1.53. The van der Waals surface area contributed by atoms with E-state index in [0.717, 1.165) is 5.56 Å². The van der Waals surface area contributed by atoms with Crippen LogP contribution in [0, 0.1) is 11.8 Å². The summed E-state index contributed by atoms with van der Waals surface area (Å²) in [5.74, 6) is 3.33. The molecule has 4 nitrogen and oxygen atoms in total. The summed E-state index contributed by atoms with van der Waals surface area (Å²) in [4.78, 5) is 0. The molecule has 0 saturated carbocycles. The quantitative estimate of drug-likeness (QED) is 0.478. The zero-order valence-electron chi connectivity index (χ0n) is 15.8. The van der Waals surface area contributed by atoms with Crippen molar-refractivity contribution in [1.82, 2.24) is 4.72 Å². The molecule has 0 spiro atoms. The SMILES string of the molecule is CC(C)(C)S(=O)NC(C#CC(F)(F)F)CCOCCOCc1ccccc1. The Morgan fingerprint density at radius 1 is 1.07 bits per heavy atom. The van der Waals surface area contributed by atoms with Gasteiger partial charge in [0.25, 0.3) is 0 Å². The van der Waals surface area contributed by atoms with Crippen LogP contribution in [0.15, 0.2) is 30.3 Å². The van der Waals surface area contributed by atoms with Crippen molar-refractivity contribution in [1.29, 1.82) is 0 Å². The minimum absolute atomic E-state index is 0.181. The van der Waals surface area contributed by atoms with Crippen molar-refractivity contribution in [3.05, 3.63) is 35.9 Å². The Morgan fingerprint density at radius 2 is 1.70 bits per heavy atom. The van der Waals surface area contributed by atoms with Gasteiger partial charge in [-0.05, 0) is 32.8 Å². The molecule has 0 fully saturated rings. The first-order valence-electron chi connectivity index (χ1n) is 8.55. The van der Waals surface area contributed by atoms with E-state index in [1.54, 1.807) is 20.8 Å². The third-order valence-electron chi connectivity index (χ3n) is 3.23. The number of alkyl halides is 3. The second-order valence-electron chi connectivity index (χ2n) is 6.76. The lowest BCUT2D eigenvalue weighted by atomic mass is 10.2. The van der Waals surface area contributed by atoms with E-state index < -0.39 is 28.0 Å². The van der Waals surface area contributed by atoms with Gasteiger partial charge in [-0.2, -0.15) is 13.2 Å². The van der Waals surface area contributed by atoms with E-state index in [0.29, 0.717) is 19.8 Å². The van der Waals surface area contributed by atoms with E-state index in [1.165, 1.54) is 5.92 Å². The number of hydrogen-bond acceptors (Lipinski definition) is 3. The van der Waals surface area contributed by atoms with E-state index in [-0.39, 0.29) is 13.0 Å². The maximum Gasteiger partial charge on any atom is 0.457 e. The highest BCUT2D eigenvalue weighted by Crippen LogP contribution is 2.13. The molecule has 0 bridgehead atoms. The standard InChI is InChI=1S/C19H26F3NO3S/c1-18(2,3)27(24)23-17(9-11-19(20,21)22)10-12-25-13-14-26-15-16-7-5-4-6-8-16/h4-8,17,23H,10,12-15H2,1-3H3. The molecule has 2 atom stereocenters. The molecule has 1 N–H and O–H groups in total. The van der Waals surface area contributed by atoms with Gasteiger partial charge in [0.1, 0.15) is 0 Å². The van der Waals surface area contributed by atoms with Gasteiger partial charge in [-0.3, -0.25) is 0 Å². The molecule has 0 aliphatic heterocycles. The average Bonchev–Trinajstić information content (AvgIpc) is 2.57. The molecule has 152 valence electrons. The highest BCUT2D eigenvalue weighted by molar-refractivity contribution is 7.84. The van der Waals surface area contributed by atoms with E-state index in [4.69, 9.17) is 9.47 Å². The predicted molar refractivity (Wildman–Crippen MR) is 100 cm³/mol. The monoisotopic (exact) mass is 405 g/mol. The van der Waals surface area contributed by atoms with E-state index in [9.17, 15) is 17.4 Å². The van der Waals surface area contributed by atoms with Gasteiger partial charge in [0.05, 0.1) is 41.6 Å². The van der Waals surface area contributed by atoms with E-state index in [2.05, 4.69) is 10.6 Å². The van der Waals surface area contributed by atoms with E-state index >= 15 is 0 Å². The zero-order chi connectivity index (χ0) is 20.3. The largest absolute Gasteiger partial charge is 0.457 e. The van der Waals surface area contributed by atoms with Crippen molar-refractivity contribution in [3.63, 3.8) is 0 Å². The molecule has 1 rings (SSSR count). The van der Waals surface area contributed by atoms with E-state index in [1.807, 2.05) is 30.3 Å². The maximum absolute atomic E-state index is 12.3. The first kappa shape index (κ1) is 23.6. The summed E-state index contributed by atoms with van der Waals surface area (Å²) in [5.41, 5.74) is 1.05. The predicted octanol–water partition coefficient (Wildman–Crippen LogP) is 3.60. The average molecular weight is 405 g/mol. The summed E-state index contributed by atoms with van der Waals surface area (Å²) in [6, 6.07) is 8.79. The molecule has 0 heterocycles. The van der Waals surface area contributed by atoms with Crippen molar-refractivity contribution in [2.45, 2.75) is 50.8 Å². The van der Waals surface area contributed by atoms with Crippen LogP contribution < -0.4 is 4.72 Å². The molecular weight excluding hydrogens is 379 g/mol. The fraction of sp³-hybridized carbons (Fsp3) is 0.579.